The third-order valence-electron chi connectivity index (χ3n) is 4.42. The van der Waals surface area contributed by atoms with Crippen LogP contribution in [0.1, 0.15) is 15.9 Å². The van der Waals surface area contributed by atoms with Gasteiger partial charge in [0.05, 0.1) is 34.0 Å². The Morgan fingerprint density at radius 1 is 0.935 bits per heavy atom. The predicted octanol–water partition coefficient (Wildman–Crippen LogP) is 6.02. The van der Waals surface area contributed by atoms with E-state index in [4.69, 9.17) is 39.5 Å². The van der Waals surface area contributed by atoms with E-state index in [0.29, 0.717) is 21.3 Å². The number of sulfonamides is 1. The normalized spacial score (nSPS) is 11.1. The topological polar surface area (TPSA) is 84.5 Å². The lowest BCUT2D eigenvalue weighted by Crippen LogP contribution is -2.16. The van der Waals surface area contributed by atoms with Crippen molar-refractivity contribution in [3.05, 3.63) is 80.8 Å². The molecule has 3 rings (SSSR count). The van der Waals surface area contributed by atoms with Gasteiger partial charge in [-0.15, -0.1) is 0 Å². The standard InChI is InChI=1S/C21H17Cl3N2O4S/c1-12-16(23)4-3-5-18(12)26-31(28,29)14-7-9-20(30-2)19(11-14)25-21(27)15-8-6-13(22)10-17(15)24/h3-11,26H,1-2H3,(H,25,27). The Morgan fingerprint density at radius 3 is 2.35 bits per heavy atom. The summed E-state index contributed by atoms with van der Waals surface area (Å²) in [6.45, 7) is 1.70. The van der Waals surface area contributed by atoms with E-state index in [-0.39, 0.29) is 26.9 Å². The summed E-state index contributed by atoms with van der Waals surface area (Å²) in [6, 6.07) is 13.4. The van der Waals surface area contributed by atoms with Crippen LogP contribution in [-0.4, -0.2) is 21.4 Å². The SMILES string of the molecule is COc1ccc(S(=O)(=O)Nc2cccc(Cl)c2C)cc1NC(=O)c1ccc(Cl)cc1Cl. The molecule has 0 aliphatic rings. The number of carbonyl (C=O) groups is 1. The number of hydrogen-bond acceptors (Lipinski definition) is 4. The van der Waals surface area contributed by atoms with Gasteiger partial charge < -0.3 is 10.1 Å². The number of nitrogens with one attached hydrogen (secondary N) is 2. The van der Waals surface area contributed by atoms with Gasteiger partial charge in [0.2, 0.25) is 0 Å². The third-order valence-corrected chi connectivity index (χ3v) is 6.74. The van der Waals surface area contributed by atoms with E-state index in [0.717, 1.165) is 0 Å². The molecule has 0 bridgehead atoms. The first-order valence-corrected chi connectivity index (χ1v) is 11.5. The van der Waals surface area contributed by atoms with Crippen molar-refractivity contribution in [2.24, 2.45) is 0 Å². The smallest absolute Gasteiger partial charge is 0.261 e. The van der Waals surface area contributed by atoms with Crippen LogP contribution in [0.2, 0.25) is 15.1 Å². The average Bonchev–Trinajstić information content (AvgIpc) is 2.71. The van der Waals surface area contributed by atoms with E-state index < -0.39 is 15.9 Å². The van der Waals surface area contributed by atoms with Crippen LogP contribution in [0.3, 0.4) is 0 Å². The zero-order chi connectivity index (χ0) is 22.8. The van der Waals surface area contributed by atoms with Gasteiger partial charge in [0.1, 0.15) is 5.75 Å². The number of hydrogen-bond donors (Lipinski definition) is 2. The first-order chi connectivity index (χ1) is 14.6. The van der Waals surface area contributed by atoms with E-state index in [1.165, 1.54) is 43.5 Å². The van der Waals surface area contributed by atoms with E-state index in [1.54, 1.807) is 25.1 Å². The maximum absolute atomic E-state index is 12.9. The first-order valence-electron chi connectivity index (χ1n) is 8.85. The summed E-state index contributed by atoms with van der Waals surface area (Å²) in [7, 11) is -2.57. The van der Waals surface area contributed by atoms with Gasteiger partial charge >= 0.3 is 0 Å². The van der Waals surface area contributed by atoms with Crippen LogP contribution in [0.25, 0.3) is 0 Å². The molecule has 0 aliphatic carbocycles. The molecule has 1 amide bonds. The Kier molecular flexibility index (Phi) is 7.01. The molecule has 0 heterocycles. The largest absolute Gasteiger partial charge is 0.495 e. The third kappa shape index (κ3) is 5.25. The van der Waals surface area contributed by atoms with Crippen LogP contribution < -0.4 is 14.8 Å². The first kappa shape index (κ1) is 23.2. The maximum Gasteiger partial charge on any atom is 0.261 e. The summed E-state index contributed by atoms with van der Waals surface area (Å²) in [5.74, 6) is -0.274. The molecule has 0 atom stereocenters. The highest BCUT2D eigenvalue weighted by atomic mass is 35.5. The lowest BCUT2D eigenvalue weighted by Gasteiger charge is -2.15. The van der Waals surface area contributed by atoms with Gasteiger partial charge in [0, 0.05) is 10.0 Å². The van der Waals surface area contributed by atoms with Crippen molar-refractivity contribution in [3.63, 3.8) is 0 Å². The van der Waals surface area contributed by atoms with Gasteiger partial charge in [-0.1, -0.05) is 40.9 Å². The van der Waals surface area contributed by atoms with E-state index in [2.05, 4.69) is 10.0 Å². The quantitative estimate of drug-likeness (QED) is 0.434. The van der Waals surface area contributed by atoms with Crippen LogP contribution >= 0.6 is 34.8 Å². The molecule has 0 saturated carbocycles. The van der Waals surface area contributed by atoms with Gasteiger partial charge in [0.15, 0.2) is 0 Å². The Morgan fingerprint density at radius 2 is 1.68 bits per heavy atom. The van der Waals surface area contributed by atoms with Crippen molar-refractivity contribution in [2.75, 3.05) is 17.1 Å². The summed E-state index contributed by atoms with van der Waals surface area (Å²) in [5, 5.41) is 3.61. The molecule has 2 N–H and O–H groups in total. The summed E-state index contributed by atoms with van der Waals surface area (Å²) in [6.07, 6.45) is 0. The number of rotatable bonds is 6. The number of carbonyl (C=O) groups excluding carboxylic acids is 1. The van der Waals surface area contributed by atoms with Crippen molar-refractivity contribution in [3.8, 4) is 5.75 Å². The van der Waals surface area contributed by atoms with E-state index in [1.807, 2.05) is 0 Å². The molecule has 0 unspecified atom stereocenters. The maximum atomic E-state index is 12.9. The highest BCUT2D eigenvalue weighted by Gasteiger charge is 2.20. The highest BCUT2D eigenvalue weighted by molar-refractivity contribution is 7.92. The fourth-order valence-electron chi connectivity index (χ4n) is 2.74. The summed E-state index contributed by atoms with van der Waals surface area (Å²) in [4.78, 5) is 12.6. The molecule has 0 radical (unpaired) electrons. The second-order valence-corrected chi connectivity index (χ2v) is 9.39. The van der Waals surface area contributed by atoms with Crippen LogP contribution in [0.4, 0.5) is 11.4 Å². The molecule has 162 valence electrons. The Hall–Kier alpha value is -2.45. The second kappa shape index (κ2) is 9.36. The van der Waals surface area contributed by atoms with Gasteiger partial charge in [-0.05, 0) is 61.0 Å². The van der Waals surface area contributed by atoms with Gasteiger partial charge in [0.25, 0.3) is 15.9 Å². The Balaban J connectivity index is 1.94. The molecule has 3 aromatic rings. The second-order valence-electron chi connectivity index (χ2n) is 6.46. The summed E-state index contributed by atoms with van der Waals surface area (Å²) < 4.78 is 33.6. The molecular formula is C21H17Cl3N2O4S. The Labute approximate surface area is 195 Å². The minimum atomic E-state index is -3.97. The van der Waals surface area contributed by atoms with E-state index in [9.17, 15) is 13.2 Å². The molecular weight excluding hydrogens is 483 g/mol. The van der Waals surface area contributed by atoms with Crippen LogP contribution in [0, 0.1) is 6.92 Å². The number of benzene rings is 3. The summed E-state index contributed by atoms with van der Waals surface area (Å²) in [5.41, 5.74) is 1.27. The average molecular weight is 500 g/mol. The van der Waals surface area contributed by atoms with E-state index >= 15 is 0 Å². The fraction of sp³-hybridized carbons (Fsp3) is 0.0952. The minimum absolute atomic E-state index is 0.0785. The van der Waals surface area contributed by atoms with Crippen molar-refractivity contribution in [2.45, 2.75) is 11.8 Å². The van der Waals surface area contributed by atoms with Crippen LogP contribution in [0.15, 0.2) is 59.5 Å². The number of methoxy groups -OCH3 is 1. The molecule has 0 fully saturated rings. The Bertz CT molecular complexity index is 1260. The molecule has 10 heteroatoms. The van der Waals surface area contributed by atoms with Crippen LogP contribution in [-0.2, 0) is 10.0 Å². The van der Waals surface area contributed by atoms with Crippen molar-refractivity contribution < 1.29 is 17.9 Å². The van der Waals surface area contributed by atoms with Crippen molar-refractivity contribution in [1.29, 1.82) is 0 Å². The zero-order valence-electron chi connectivity index (χ0n) is 16.4. The number of anilines is 2. The zero-order valence-corrected chi connectivity index (χ0v) is 19.5. The molecule has 0 saturated heterocycles. The fourth-order valence-corrected chi connectivity index (χ4v) is 4.55. The highest BCUT2D eigenvalue weighted by Crippen LogP contribution is 2.31. The van der Waals surface area contributed by atoms with Crippen molar-refractivity contribution >= 4 is 62.1 Å². The van der Waals surface area contributed by atoms with Crippen molar-refractivity contribution in [1.82, 2.24) is 0 Å². The molecule has 0 aromatic heterocycles. The van der Waals surface area contributed by atoms with Crippen LogP contribution in [0.5, 0.6) is 5.75 Å². The number of halogens is 3. The summed E-state index contributed by atoms with van der Waals surface area (Å²) >= 11 is 18.0. The minimum Gasteiger partial charge on any atom is -0.495 e. The monoisotopic (exact) mass is 498 g/mol. The van der Waals surface area contributed by atoms with Gasteiger partial charge in [-0.25, -0.2) is 8.42 Å². The molecule has 0 aliphatic heterocycles. The predicted molar refractivity (Wildman–Crippen MR) is 124 cm³/mol. The van der Waals surface area contributed by atoms with Gasteiger partial charge in [-0.3, -0.25) is 9.52 Å². The molecule has 0 spiro atoms. The molecule has 31 heavy (non-hydrogen) atoms. The molecule has 3 aromatic carbocycles. The lowest BCUT2D eigenvalue weighted by molar-refractivity contribution is 0.102. The lowest BCUT2D eigenvalue weighted by atomic mass is 10.2. The number of amides is 1. The van der Waals surface area contributed by atoms with Gasteiger partial charge in [-0.2, -0.15) is 0 Å². The number of ether oxygens (including phenoxy) is 1. The molecule has 6 nitrogen and oxygen atoms in total.